The second kappa shape index (κ2) is 7.49. The standard InChI is InChI=1S/C18H20N2O6/c1-11-15(26-18(22)24-11)10-23-17(21)25-14-6-4-5-13-16(14)12(9-19-13)7-8-20(2)3/h4-6,9,19H,7-8,10H2,1-3H3. The van der Waals surface area contributed by atoms with Gasteiger partial charge in [-0.3, -0.25) is 0 Å². The van der Waals surface area contributed by atoms with Gasteiger partial charge in [-0.2, -0.15) is 0 Å². The number of aromatic amines is 1. The molecule has 3 rings (SSSR count). The average Bonchev–Trinajstić information content (AvgIpc) is 3.14. The molecule has 26 heavy (non-hydrogen) atoms. The zero-order chi connectivity index (χ0) is 18.7. The molecule has 0 aliphatic heterocycles. The monoisotopic (exact) mass is 360 g/mol. The number of carbonyl (C=O) groups excluding carboxylic acids is 1. The van der Waals surface area contributed by atoms with Crippen molar-refractivity contribution in [3.63, 3.8) is 0 Å². The molecule has 2 aromatic heterocycles. The first-order valence-electron chi connectivity index (χ1n) is 8.11. The van der Waals surface area contributed by atoms with Crippen LogP contribution in [0.1, 0.15) is 17.1 Å². The molecule has 1 N–H and O–H groups in total. The Morgan fingerprint density at radius 2 is 2.08 bits per heavy atom. The number of H-pyrrole nitrogens is 1. The number of fused-ring (bicyclic) bond motifs is 1. The number of benzene rings is 1. The second-order valence-electron chi connectivity index (χ2n) is 6.12. The summed E-state index contributed by atoms with van der Waals surface area (Å²) < 4.78 is 19.9. The van der Waals surface area contributed by atoms with Gasteiger partial charge >= 0.3 is 12.0 Å². The topological polar surface area (TPSA) is 97.9 Å². The molecule has 0 unspecified atom stereocenters. The average molecular weight is 360 g/mol. The molecule has 2 heterocycles. The van der Waals surface area contributed by atoms with Gasteiger partial charge in [0.2, 0.25) is 0 Å². The molecular weight excluding hydrogens is 340 g/mol. The Labute approximate surface area is 149 Å². The molecule has 0 spiro atoms. The summed E-state index contributed by atoms with van der Waals surface area (Å²) in [4.78, 5) is 28.3. The van der Waals surface area contributed by atoms with Gasteiger partial charge in [0.15, 0.2) is 18.1 Å². The zero-order valence-corrected chi connectivity index (χ0v) is 14.8. The fourth-order valence-corrected chi connectivity index (χ4v) is 2.60. The molecule has 0 radical (unpaired) electrons. The maximum atomic E-state index is 12.0. The molecule has 0 amide bonds. The Hall–Kier alpha value is -3.00. The second-order valence-corrected chi connectivity index (χ2v) is 6.12. The summed E-state index contributed by atoms with van der Waals surface area (Å²) in [6.07, 6.45) is 1.83. The summed E-state index contributed by atoms with van der Waals surface area (Å²) in [5, 5.41) is 0.845. The molecule has 0 bridgehead atoms. The van der Waals surface area contributed by atoms with Gasteiger partial charge in [-0.15, -0.1) is 0 Å². The minimum atomic E-state index is -0.888. The van der Waals surface area contributed by atoms with E-state index in [4.69, 9.17) is 18.3 Å². The van der Waals surface area contributed by atoms with Gasteiger partial charge in [-0.05, 0) is 45.1 Å². The van der Waals surface area contributed by atoms with Crippen LogP contribution in [0.5, 0.6) is 5.75 Å². The summed E-state index contributed by atoms with van der Waals surface area (Å²) in [6.45, 7) is 2.17. The number of carbonyl (C=O) groups is 1. The molecular formula is C18H20N2O6. The maximum Gasteiger partial charge on any atom is 0.519 e. The van der Waals surface area contributed by atoms with E-state index in [2.05, 4.69) is 9.88 Å². The number of hydrogen-bond donors (Lipinski definition) is 1. The zero-order valence-electron chi connectivity index (χ0n) is 14.8. The van der Waals surface area contributed by atoms with Gasteiger partial charge in [0.05, 0.1) is 0 Å². The molecule has 0 saturated heterocycles. The lowest BCUT2D eigenvalue weighted by atomic mass is 10.1. The number of ether oxygens (including phenoxy) is 2. The van der Waals surface area contributed by atoms with Gasteiger partial charge in [0.25, 0.3) is 0 Å². The largest absolute Gasteiger partial charge is 0.519 e. The fraction of sp³-hybridized carbons (Fsp3) is 0.333. The quantitative estimate of drug-likeness (QED) is 0.533. The number of rotatable bonds is 6. The Balaban J connectivity index is 1.73. The van der Waals surface area contributed by atoms with Crippen molar-refractivity contribution < 1.29 is 23.1 Å². The van der Waals surface area contributed by atoms with Gasteiger partial charge in [-0.1, -0.05) is 6.07 Å². The third kappa shape index (κ3) is 3.97. The van der Waals surface area contributed by atoms with E-state index in [9.17, 15) is 9.59 Å². The first-order chi connectivity index (χ1) is 12.4. The van der Waals surface area contributed by atoms with Gasteiger partial charge in [-0.25, -0.2) is 9.59 Å². The summed E-state index contributed by atoms with van der Waals surface area (Å²) in [5.74, 6) is -0.00931. The van der Waals surface area contributed by atoms with E-state index in [1.165, 1.54) is 0 Å². The molecule has 0 aliphatic rings. The Kier molecular flexibility index (Phi) is 5.13. The minimum absolute atomic E-state index is 0.151. The molecule has 0 aliphatic carbocycles. The molecule has 0 saturated carbocycles. The lowest BCUT2D eigenvalue weighted by Gasteiger charge is -2.10. The van der Waals surface area contributed by atoms with Gasteiger partial charge < -0.3 is 28.2 Å². The van der Waals surface area contributed by atoms with Crippen molar-refractivity contribution in [3.05, 3.63) is 52.1 Å². The summed E-state index contributed by atoms with van der Waals surface area (Å²) >= 11 is 0. The van der Waals surface area contributed by atoms with E-state index in [0.717, 1.165) is 29.4 Å². The third-order valence-corrected chi connectivity index (χ3v) is 3.93. The number of aromatic nitrogens is 1. The van der Waals surface area contributed by atoms with Crippen LogP contribution < -0.4 is 10.6 Å². The highest BCUT2D eigenvalue weighted by Crippen LogP contribution is 2.29. The summed E-state index contributed by atoms with van der Waals surface area (Å²) in [5.41, 5.74) is 1.93. The van der Waals surface area contributed by atoms with E-state index in [1.54, 1.807) is 19.1 Å². The van der Waals surface area contributed by atoms with Crippen LogP contribution in [0.4, 0.5) is 4.79 Å². The molecule has 8 nitrogen and oxygen atoms in total. The molecule has 8 heteroatoms. The van der Waals surface area contributed by atoms with Crippen LogP contribution in [0.25, 0.3) is 10.9 Å². The first-order valence-corrected chi connectivity index (χ1v) is 8.11. The van der Waals surface area contributed by atoms with Crippen molar-refractivity contribution in [2.24, 2.45) is 0 Å². The minimum Gasteiger partial charge on any atom is -0.426 e. The van der Waals surface area contributed by atoms with E-state index < -0.39 is 12.0 Å². The highest BCUT2D eigenvalue weighted by molar-refractivity contribution is 5.90. The van der Waals surface area contributed by atoms with E-state index in [1.807, 2.05) is 26.4 Å². The Morgan fingerprint density at radius 1 is 1.27 bits per heavy atom. The normalized spacial score (nSPS) is 11.2. The van der Waals surface area contributed by atoms with E-state index >= 15 is 0 Å². The van der Waals surface area contributed by atoms with Crippen molar-refractivity contribution in [1.29, 1.82) is 0 Å². The van der Waals surface area contributed by atoms with Crippen molar-refractivity contribution in [2.75, 3.05) is 20.6 Å². The summed E-state index contributed by atoms with van der Waals surface area (Å²) in [7, 11) is 4.00. The number of hydrogen-bond acceptors (Lipinski definition) is 7. The number of nitrogens with one attached hydrogen (secondary N) is 1. The highest BCUT2D eigenvalue weighted by atomic mass is 16.7. The molecule has 0 atom stereocenters. The van der Waals surface area contributed by atoms with Crippen LogP contribution in [0.2, 0.25) is 0 Å². The van der Waals surface area contributed by atoms with Crippen molar-refractivity contribution in [1.82, 2.24) is 9.88 Å². The lowest BCUT2D eigenvalue weighted by molar-refractivity contribution is 0.0862. The van der Waals surface area contributed by atoms with Gasteiger partial charge in [0.1, 0.15) is 5.75 Å². The fourth-order valence-electron chi connectivity index (χ4n) is 2.60. The Morgan fingerprint density at radius 3 is 2.77 bits per heavy atom. The van der Waals surface area contributed by atoms with Crippen LogP contribution in [-0.4, -0.2) is 36.7 Å². The smallest absolute Gasteiger partial charge is 0.426 e. The highest BCUT2D eigenvalue weighted by Gasteiger charge is 2.16. The molecule has 0 fully saturated rings. The van der Waals surface area contributed by atoms with Crippen molar-refractivity contribution >= 4 is 17.1 Å². The third-order valence-electron chi connectivity index (χ3n) is 3.93. The van der Waals surface area contributed by atoms with Gasteiger partial charge in [0, 0.05) is 23.6 Å². The van der Waals surface area contributed by atoms with Crippen LogP contribution in [0, 0.1) is 6.92 Å². The predicted molar refractivity (Wildman–Crippen MR) is 93.4 cm³/mol. The summed E-state index contributed by atoms with van der Waals surface area (Å²) in [6, 6.07) is 5.41. The van der Waals surface area contributed by atoms with E-state index in [-0.39, 0.29) is 18.1 Å². The van der Waals surface area contributed by atoms with E-state index in [0.29, 0.717) is 5.75 Å². The predicted octanol–water partition coefficient (Wildman–Crippen LogP) is 2.84. The van der Waals surface area contributed by atoms with Crippen LogP contribution in [0.15, 0.2) is 38.0 Å². The molecule has 138 valence electrons. The van der Waals surface area contributed by atoms with Crippen molar-refractivity contribution in [2.45, 2.75) is 20.0 Å². The SMILES string of the molecule is Cc1oc(=O)oc1COC(=O)Oc1cccc2[nH]cc(CCN(C)C)c12. The van der Waals surface area contributed by atoms with Crippen LogP contribution in [0.3, 0.4) is 0 Å². The number of nitrogens with zero attached hydrogens (tertiary/aromatic N) is 1. The lowest BCUT2D eigenvalue weighted by Crippen LogP contribution is -2.15. The van der Waals surface area contributed by atoms with Crippen molar-refractivity contribution in [3.8, 4) is 5.75 Å². The van der Waals surface area contributed by atoms with Crippen LogP contribution in [-0.2, 0) is 17.8 Å². The Bertz CT molecular complexity index is 966. The first kappa shape index (κ1) is 17.8. The molecule has 1 aromatic carbocycles. The number of aryl methyl sites for hydroxylation is 1. The molecule has 3 aromatic rings. The maximum absolute atomic E-state index is 12.0. The van der Waals surface area contributed by atoms with Crippen LogP contribution >= 0.6 is 0 Å². The number of likely N-dealkylation sites (N-methyl/N-ethyl adjacent to an activating group) is 1.